The van der Waals surface area contributed by atoms with E-state index in [0.717, 1.165) is 0 Å². The largest absolute Gasteiger partial charge is 0.493 e. The number of nitro benzene ring substituents is 1. The summed E-state index contributed by atoms with van der Waals surface area (Å²) < 4.78 is 16.1. The molecule has 2 rings (SSSR count). The van der Waals surface area contributed by atoms with Crippen molar-refractivity contribution in [2.45, 2.75) is 6.92 Å². The third-order valence-electron chi connectivity index (χ3n) is 3.49. The summed E-state index contributed by atoms with van der Waals surface area (Å²) in [4.78, 5) is 22.1. The zero-order valence-electron chi connectivity index (χ0n) is 14.6. The molecule has 138 valence electrons. The van der Waals surface area contributed by atoms with Crippen LogP contribution in [0, 0.1) is 17.0 Å². The van der Waals surface area contributed by atoms with Crippen molar-refractivity contribution in [3.63, 3.8) is 0 Å². The van der Waals surface area contributed by atoms with Gasteiger partial charge in [-0.15, -0.1) is 0 Å². The van der Waals surface area contributed by atoms with Gasteiger partial charge in [0, 0.05) is 11.6 Å². The number of carbonyl (C=O) groups is 1. The zero-order chi connectivity index (χ0) is 18.9. The van der Waals surface area contributed by atoms with Gasteiger partial charge in [0.25, 0.3) is 11.6 Å². The molecule has 1 N–H and O–H groups in total. The molecule has 0 spiro atoms. The van der Waals surface area contributed by atoms with Gasteiger partial charge in [-0.25, -0.2) is 0 Å². The third-order valence-corrected chi connectivity index (χ3v) is 3.49. The minimum atomic E-state index is -0.465. The minimum Gasteiger partial charge on any atom is -0.493 e. The van der Waals surface area contributed by atoms with Gasteiger partial charge in [-0.05, 0) is 31.2 Å². The number of hydrogen-bond donors (Lipinski definition) is 1. The van der Waals surface area contributed by atoms with Crippen LogP contribution in [-0.2, 0) is 4.79 Å². The van der Waals surface area contributed by atoms with Crippen LogP contribution >= 0.6 is 0 Å². The third kappa shape index (κ3) is 5.37. The van der Waals surface area contributed by atoms with Crippen LogP contribution < -0.4 is 19.5 Å². The summed E-state index contributed by atoms with van der Waals surface area (Å²) in [5.41, 5.74) is 0.480. The molecule has 0 fully saturated rings. The fourth-order valence-electron chi connectivity index (χ4n) is 2.21. The number of amides is 1. The summed E-state index contributed by atoms with van der Waals surface area (Å²) in [7, 11) is 1.56. The van der Waals surface area contributed by atoms with E-state index in [1.165, 1.54) is 18.2 Å². The average Bonchev–Trinajstić information content (AvgIpc) is 2.63. The number of nitrogens with one attached hydrogen (secondary N) is 1. The van der Waals surface area contributed by atoms with Crippen molar-refractivity contribution >= 4 is 11.6 Å². The molecule has 2 aromatic rings. The maximum Gasteiger partial charge on any atom is 0.272 e. The Balaban J connectivity index is 1.72. The number of para-hydroxylation sites is 2. The van der Waals surface area contributed by atoms with Crippen LogP contribution in [0.1, 0.15) is 5.56 Å². The van der Waals surface area contributed by atoms with E-state index in [1.807, 2.05) is 12.1 Å². The Morgan fingerprint density at radius 1 is 1.15 bits per heavy atom. The standard InChI is InChI=1S/C18H20N2O6/c1-13-11-14(7-8-15(13)20(22)23)26-12-18(21)19-9-10-25-17-6-4-3-5-16(17)24-2/h3-8,11H,9-10,12H2,1-2H3,(H,19,21). The molecule has 2 aromatic carbocycles. The summed E-state index contributed by atoms with van der Waals surface area (Å²) in [6, 6.07) is 11.6. The number of aryl methyl sites for hydroxylation is 1. The normalized spacial score (nSPS) is 10.1. The lowest BCUT2D eigenvalue weighted by molar-refractivity contribution is -0.385. The predicted molar refractivity (Wildman–Crippen MR) is 94.8 cm³/mol. The van der Waals surface area contributed by atoms with E-state index in [4.69, 9.17) is 14.2 Å². The van der Waals surface area contributed by atoms with Crippen LogP contribution in [0.5, 0.6) is 17.2 Å². The number of methoxy groups -OCH3 is 1. The fourth-order valence-corrected chi connectivity index (χ4v) is 2.21. The van der Waals surface area contributed by atoms with Crippen LogP contribution in [0.4, 0.5) is 5.69 Å². The van der Waals surface area contributed by atoms with Gasteiger partial charge >= 0.3 is 0 Å². The monoisotopic (exact) mass is 360 g/mol. The van der Waals surface area contributed by atoms with Crippen LogP contribution in [0.3, 0.4) is 0 Å². The second kappa shape index (κ2) is 9.26. The number of rotatable bonds is 9. The van der Waals surface area contributed by atoms with Crippen LogP contribution in [-0.4, -0.2) is 37.7 Å². The number of nitrogens with zero attached hydrogens (tertiary/aromatic N) is 1. The van der Waals surface area contributed by atoms with Gasteiger partial charge in [-0.1, -0.05) is 12.1 Å². The molecule has 0 aliphatic carbocycles. The predicted octanol–water partition coefficient (Wildman–Crippen LogP) is 2.49. The highest BCUT2D eigenvalue weighted by atomic mass is 16.6. The molecule has 0 unspecified atom stereocenters. The summed E-state index contributed by atoms with van der Waals surface area (Å²) in [6.07, 6.45) is 0. The second-order valence-corrected chi connectivity index (χ2v) is 5.34. The molecule has 0 radical (unpaired) electrons. The number of carbonyl (C=O) groups excluding carboxylic acids is 1. The lowest BCUT2D eigenvalue weighted by Crippen LogP contribution is -2.32. The molecule has 0 heterocycles. The molecule has 0 saturated heterocycles. The fraction of sp³-hybridized carbons (Fsp3) is 0.278. The molecule has 8 nitrogen and oxygen atoms in total. The lowest BCUT2D eigenvalue weighted by atomic mass is 10.2. The first kappa shape index (κ1) is 19.0. The highest BCUT2D eigenvalue weighted by Gasteiger charge is 2.11. The van der Waals surface area contributed by atoms with Crippen molar-refractivity contribution in [3.05, 3.63) is 58.1 Å². The first-order valence-corrected chi connectivity index (χ1v) is 7.91. The van der Waals surface area contributed by atoms with Gasteiger partial charge in [-0.2, -0.15) is 0 Å². The molecule has 0 aromatic heterocycles. The van der Waals surface area contributed by atoms with Gasteiger partial charge in [-0.3, -0.25) is 14.9 Å². The SMILES string of the molecule is COc1ccccc1OCCNC(=O)COc1ccc([N+](=O)[O-])c(C)c1. The van der Waals surface area contributed by atoms with E-state index in [0.29, 0.717) is 29.4 Å². The quantitative estimate of drug-likeness (QED) is 0.419. The second-order valence-electron chi connectivity index (χ2n) is 5.34. The van der Waals surface area contributed by atoms with Crippen molar-refractivity contribution in [2.24, 2.45) is 0 Å². The maximum atomic E-state index is 11.8. The highest BCUT2D eigenvalue weighted by molar-refractivity contribution is 5.77. The lowest BCUT2D eigenvalue weighted by Gasteiger charge is -2.11. The van der Waals surface area contributed by atoms with Gasteiger partial charge in [0.15, 0.2) is 18.1 Å². The molecule has 8 heteroatoms. The first-order chi connectivity index (χ1) is 12.5. The Labute approximate surface area is 150 Å². The van der Waals surface area contributed by atoms with E-state index in [2.05, 4.69) is 5.32 Å². The van der Waals surface area contributed by atoms with Crippen molar-refractivity contribution in [1.82, 2.24) is 5.32 Å². The van der Waals surface area contributed by atoms with E-state index in [9.17, 15) is 14.9 Å². The highest BCUT2D eigenvalue weighted by Crippen LogP contribution is 2.25. The van der Waals surface area contributed by atoms with E-state index < -0.39 is 4.92 Å². The summed E-state index contributed by atoms with van der Waals surface area (Å²) in [5.74, 6) is 1.30. The van der Waals surface area contributed by atoms with Crippen molar-refractivity contribution in [2.75, 3.05) is 26.9 Å². The Morgan fingerprint density at radius 2 is 1.88 bits per heavy atom. The minimum absolute atomic E-state index is 0.00953. The molecule has 0 atom stereocenters. The summed E-state index contributed by atoms with van der Waals surface area (Å²) in [5, 5.41) is 13.4. The van der Waals surface area contributed by atoms with Gasteiger partial charge in [0.1, 0.15) is 12.4 Å². The molecule has 1 amide bonds. The van der Waals surface area contributed by atoms with Crippen molar-refractivity contribution in [3.8, 4) is 17.2 Å². The van der Waals surface area contributed by atoms with Crippen LogP contribution in [0.15, 0.2) is 42.5 Å². The Bertz CT molecular complexity index is 778. The molecule has 26 heavy (non-hydrogen) atoms. The zero-order valence-corrected chi connectivity index (χ0v) is 14.6. The van der Waals surface area contributed by atoms with Gasteiger partial charge in [0.05, 0.1) is 18.6 Å². The average molecular weight is 360 g/mol. The first-order valence-electron chi connectivity index (χ1n) is 7.91. The Morgan fingerprint density at radius 3 is 2.54 bits per heavy atom. The van der Waals surface area contributed by atoms with E-state index in [-0.39, 0.29) is 24.8 Å². The Kier molecular flexibility index (Phi) is 6.78. The molecule has 0 aliphatic heterocycles. The molecular weight excluding hydrogens is 340 g/mol. The molecular formula is C18H20N2O6. The topological polar surface area (TPSA) is 99.9 Å². The number of benzene rings is 2. The maximum absolute atomic E-state index is 11.8. The Hall–Kier alpha value is -3.29. The molecule has 0 saturated carbocycles. The van der Waals surface area contributed by atoms with E-state index in [1.54, 1.807) is 26.2 Å². The molecule has 0 aliphatic rings. The number of hydrogen-bond acceptors (Lipinski definition) is 6. The van der Waals surface area contributed by atoms with Gasteiger partial charge in [0.2, 0.25) is 0 Å². The van der Waals surface area contributed by atoms with Crippen molar-refractivity contribution < 1.29 is 23.9 Å². The summed E-state index contributed by atoms with van der Waals surface area (Å²) in [6.45, 7) is 2.01. The smallest absolute Gasteiger partial charge is 0.272 e. The van der Waals surface area contributed by atoms with Gasteiger partial charge < -0.3 is 19.5 Å². The van der Waals surface area contributed by atoms with Crippen molar-refractivity contribution in [1.29, 1.82) is 0 Å². The van der Waals surface area contributed by atoms with E-state index >= 15 is 0 Å². The summed E-state index contributed by atoms with van der Waals surface area (Å²) >= 11 is 0. The van der Waals surface area contributed by atoms with Crippen LogP contribution in [0.2, 0.25) is 0 Å². The number of ether oxygens (including phenoxy) is 3. The van der Waals surface area contributed by atoms with Crippen LogP contribution in [0.25, 0.3) is 0 Å². The number of nitro groups is 1. The molecule has 0 bridgehead atoms.